The topological polar surface area (TPSA) is 45.2 Å². The molecule has 0 spiro atoms. The molecule has 25 heavy (non-hydrogen) atoms. The molecule has 128 valence electrons. The van der Waals surface area contributed by atoms with E-state index in [-0.39, 0.29) is 12.3 Å². The van der Waals surface area contributed by atoms with Crippen LogP contribution >= 0.6 is 11.3 Å². The van der Waals surface area contributed by atoms with E-state index in [4.69, 9.17) is 0 Å². The summed E-state index contributed by atoms with van der Waals surface area (Å²) in [5.74, 6) is -0.0623. The van der Waals surface area contributed by atoms with Gasteiger partial charge in [0.05, 0.1) is 29.4 Å². The molecule has 4 nitrogen and oxygen atoms in total. The Morgan fingerprint density at radius 3 is 2.40 bits per heavy atom. The Labute approximate surface area is 152 Å². The van der Waals surface area contributed by atoms with Crippen LogP contribution in [0.25, 0.3) is 0 Å². The minimum Gasteiger partial charge on any atom is -0.281 e. The summed E-state index contributed by atoms with van der Waals surface area (Å²) < 4.78 is 0. The Hall–Kier alpha value is -2.66. The molecule has 1 N–H and O–H groups in total. The van der Waals surface area contributed by atoms with E-state index in [1.165, 1.54) is 0 Å². The molecule has 0 saturated carbocycles. The van der Waals surface area contributed by atoms with Crippen LogP contribution in [-0.2, 0) is 24.2 Å². The van der Waals surface area contributed by atoms with Crippen LogP contribution in [0.3, 0.4) is 0 Å². The fraction of sp³-hybridized carbons (Fsp3) is 0.200. The third-order valence-corrected chi connectivity index (χ3v) is 4.80. The SMILES string of the molecule is CCc1nc(CC(=O)NN(Cc2ccccc2)c2ccccc2)cs1. The van der Waals surface area contributed by atoms with Gasteiger partial charge in [-0.3, -0.25) is 15.2 Å². The summed E-state index contributed by atoms with van der Waals surface area (Å²) >= 11 is 1.60. The van der Waals surface area contributed by atoms with E-state index in [2.05, 4.69) is 29.5 Å². The van der Waals surface area contributed by atoms with Gasteiger partial charge in [-0.05, 0) is 24.1 Å². The first-order valence-corrected chi connectivity index (χ1v) is 9.22. The molecule has 0 aliphatic carbocycles. The Balaban J connectivity index is 1.71. The van der Waals surface area contributed by atoms with E-state index < -0.39 is 0 Å². The lowest BCUT2D eigenvalue weighted by molar-refractivity contribution is -0.120. The normalized spacial score (nSPS) is 10.4. The summed E-state index contributed by atoms with van der Waals surface area (Å²) in [4.78, 5) is 17.0. The molecule has 1 amide bonds. The molecule has 3 rings (SSSR count). The minimum absolute atomic E-state index is 0.0623. The van der Waals surface area contributed by atoms with Crippen LogP contribution in [0.2, 0.25) is 0 Å². The highest BCUT2D eigenvalue weighted by Gasteiger charge is 2.13. The second-order valence-corrected chi connectivity index (χ2v) is 6.65. The molecular weight excluding hydrogens is 330 g/mol. The predicted molar refractivity (Wildman–Crippen MR) is 102 cm³/mol. The maximum Gasteiger partial charge on any atom is 0.244 e. The number of carbonyl (C=O) groups excluding carboxylic acids is 1. The lowest BCUT2D eigenvalue weighted by Gasteiger charge is -2.25. The monoisotopic (exact) mass is 351 g/mol. The Morgan fingerprint density at radius 2 is 1.76 bits per heavy atom. The second-order valence-electron chi connectivity index (χ2n) is 5.71. The fourth-order valence-corrected chi connectivity index (χ4v) is 3.26. The summed E-state index contributed by atoms with van der Waals surface area (Å²) in [5, 5.41) is 4.90. The highest BCUT2D eigenvalue weighted by molar-refractivity contribution is 7.09. The summed E-state index contributed by atoms with van der Waals surface area (Å²) in [6, 6.07) is 20.0. The van der Waals surface area contributed by atoms with Crippen LogP contribution in [0, 0.1) is 0 Å². The van der Waals surface area contributed by atoms with E-state index in [9.17, 15) is 4.79 Å². The number of hydrogen-bond acceptors (Lipinski definition) is 4. The summed E-state index contributed by atoms with van der Waals surface area (Å²) in [6.07, 6.45) is 1.19. The summed E-state index contributed by atoms with van der Waals surface area (Å²) in [5.41, 5.74) is 5.93. The van der Waals surface area contributed by atoms with Gasteiger partial charge in [-0.25, -0.2) is 4.98 Å². The van der Waals surface area contributed by atoms with Gasteiger partial charge in [0.2, 0.25) is 5.91 Å². The van der Waals surface area contributed by atoms with Gasteiger partial charge in [0.25, 0.3) is 0 Å². The predicted octanol–water partition coefficient (Wildman–Crippen LogP) is 3.99. The fourth-order valence-electron chi connectivity index (χ4n) is 2.52. The number of thiazole rings is 1. The van der Waals surface area contributed by atoms with Crippen LogP contribution in [0.4, 0.5) is 5.69 Å². The quantitative estimate of drug-likeness (QED) is 0.655. The van der Waals surface area contributed by atoms with Crippen molar-refractivity contribution in [1.82, 2.24) is 10.4 Å². The molecule has 0 unspecified atom stereocenters. The third-order valence-electron chi connectivity index (χ3n) is 3.75. The van der Waals surface area contributed by atoms with Crippen LogP contribution in [-0.4, -0.2) is 10.9 Å². The van der Waals surface area contributed by atoms with Crippen molar-refractivity contribution in [2.24, 2.45) is 0 Å². The minimum atomic E-state index is -0.0623. The van der Waals surface area contributed by atoms with Gasteiger partial charge in [-0.15, -0.1) is 11.3 Å². The van der Waals surface area contributed by atoms with Crippen LogP contribution in [0.5, 0.6) is 0 Å². The molecule has 0 aliphatic heterocycles. The van der Waals surface area contributed by atoms with Crippen molar-refractivity contribution in [2.45, 2.75) is 26.3 Å². The first-order chi connectivity index (χ1) is 12.2. The Bertz CT molecular complexity index is 802. The van der Waals surface area contributed by atoms with E-state index in [1.807, 2.05) is 58.9 Å². The standard InChI is InChI=1S/C20H21N3OS/c1-2-20-21-17(15-25-20)13-19(24)22-23(18-11-7-4-8-12-18)14-16-9-5-3-6-10-16/h3-12,15H,2,13-14H2,1H3,(H,22,24). The molecule has 0 aliphatic rings. The van der Waals surface area contributed by atoms with Crippen molar-refractivity contribution in [3.63, 3.8) is 0 Å². The highest BCUT2D eigenvalue weighted by Crippen LogP contribution is 2.15. The van der Waals surface area contributed by atoms with E-state index >= 15 is 0 Å². The molecule has 5 heteroatoms. The Morgan fingerprint density at radius 1 is 1.08 bits per heavy atom. The molecule has 1 aromatic heterocycles. The van der Waals surface area contributed by atoms with Crippen molar-refractivity contribution in [3.8, 4) is 0 Å². The molecule has 1 heterocycles. The van der Waals surface area contributed by atoms with Crippen molar-refractivity contribution in [1.29, 1.82) is 0 Å². The number of nitrogens with zero attached hydrogens (tertiary/aromatic N) is 2. The second kappa shape index (κ2) is 8.44. The smallest absolute Gasteiger partial charge is 0.244 e. The molecule has 0 bridgehead atoms. The Kier molecular flexibility index (Phi) is 5.80. The zero-order chi connectivity index (χ0) is 17.5. The maximum atomic E-state index is 12.5. The maximum absolute atomic E-state index is 12.5. The number of rotatable bonds is 7. The van der Waals surface area contributed by atoms with E-state index in [1.54, 1.807) is 11.3 Å². The number of hydrogen-bond donors (Lipinski definition) is 1. The van der Waals surface area contributed by atoms with E-state index in [0.29, 0.717) is 6.54 Å². The van der Waals surface area contributed by atoms with Crippen molar-refractivity contribution in [2.75, 3.05) is 5.01 Å². The van der Waals surface area contributed by atoms with Gasteiger partial charge in [-0.2, -0.15) is 0 Å². The molecule has 0 fully saturated rings. The molecule has 2 aromatic carbocycles. The van der Waals surface area contributed by atoms with Crippen LogP contribution in [0.15, 0.2) is 66.0 Å². The number of hydrazine groups is 1. The summed E-state index contributed by atoms with van der Waals surface area (Å²) in [6.45, 7) is 2.67. The number of amides is 1. The van der Waals surface area contributed by atoms with Gasteiger partial charge in [0.1, 0.15) is 0 Å². The average molecular weight is 351 g/mol. The van der Waals surface area contributed by atoms with Gasteiger partial charge in [-0.1, -0.05) is 55.5 Å². The first-order valence-electron chi connectivity index (χ1n) is 8.34. The van der Waals surface area contributed by atoms with Crippen molar-refractivity contribution in [3.05, 3.63) is 82.3 Å². The number of aromatic nitrogens is 1. The molecule has 0 radical (unpaired) electrons. The number of carbonyl (C=O) groups is 1. The molecule has 0 atom stereocenters. The number of aryl methyl sites for hydroxylation is 1. The van der Waals surface area contributed by atoms with E-state index in [0.717, 1.165) is 28.4 Å². The molecule has 3 aromatic rings. The number of anilines is 1. The number of para-hydroxylation sites is 1. The van der Waals surface area contributed by atoms with Gasteiger partial charge in [0, 0.05) is 5.38 Å². The van der Waals surface area contributed by atoms with Crippen molar-refractivity contribution >= 4 is 22.9 Å². The zero-order valence-electron chi connectivity index (χ0n) is 14.2. The van der Waals surface area contributed by atoms with Crippen LogP contribution < -0.4 is 10.4 Å². The lowest BCUT2D eigenvalue weighted by Crippen LogP contribution is -2.42. The first kappa shape index (κ1) is 17.2. The van der Waals surface area contributed by atoms with Gasteiger partial charge >= 0.3 is 0 Å². The number of benzene rings is 2. The highest BCUT2D eigenvalue weighted by atomic mass is 32.1. The average Bonchev–Trinajstić information content (AvgIpc) is 3.10. The van der Waals surface area contributed by atoms with Gasteiger partial charge < -0.3 is 0 Å². The largest absolute Gasteiger partial charge is 0.281 e. The number of nitrogens with one attached hydrogen (secondary N) is 1. The third kappa shape index (κ3) is 4.90. The van der Waals surface area contributed by atoms with Crippen LogP contribution in [0.1, 0.15) is 23.2 Å². The molecule has 0 saturated heterocycles. The van der Waals surface area contributed by atoms with Crippen molar-refractivity contribution < 1.29 is 4.79 Å². The summed E-state index contributed by atoms with van der Waals surface area (Å²) in [7, 11) is 0. The lowest BCUT2D eigenvalue weighted by atomic mass is 10.2. The molecular formula is C20H21N3OS. The zero-order valence-corrected chi connectivity index (χ0v) is 15.0. The van der Waals surface area contributed by atoms with Gasteiger partial charge in [0.15, 0.2) is 0 Å².